The topological polar surface area (TPSA) is 77.7 Å². The number of benzene rings is 2. The van der Waals surface area contributed by atoms with Crippen molar-refractivity contribution in [3.05, 3.63) is 59.5 Å². The molecule has 7 nitrogen and oxygen atoms in total. The highest BCUT2D eigenvalue weighted by Gasteiger charge is 2.28. The fourth-order valence-electron chi connectivity index (χ4n) is 3.92. The lowest BCUT2D eigenvalue weighted by Crippen LogP contribution is -2.38. The molecule has 1 fully saturated rings. The van der Waals surface area contributed by atoms with E-state index in [1.54, 1.807) is 0 Å². The van der Waals surface area contributed by atoms with Crippen LogP contribution in [0.25, 0.3) is 11.4 Å². The van der Waals surface area contributed by atoms with Crippen molar-refractivity contribution in [3.8, 4) is 22.9 Å². The first-order valence-corrected chi connectivity index (χ1v) is 10.2. The quantitative estimate of drug-likeness (QED) is 0.658. The zero-order valence-electron chi connectivity index (χ0n) is 16.8. The number of amides is 1. The van der Waals surface area contributed by atoms with Gasteiger partial charge in [0, 0.05) is 24.6 Å². The van der Waals surface area contributed by atoms with Crippen molar-refractivity contribution in [1.82, 2.24) is 15.0 Å². The molecule has 3 heterocycles. The van der Waals surface area contributed by atoms with E-state index in [-0.39, 0.29) is 18.6 Å². The summed E-state index contributed by atoms with van der Waals surface area (Å²) in [5, 5.41) is 4.14. The first kappa shape index (κ1) is 18.7. The Balaban J connectivity index is 1.20. The van der Waals surface area contributed by atoms with Crippen LogP contribution >= 0.6 is 0 Å². The Bertz CT molecular complexity index is 1050. The number of likely N-dealkylation sites (tertiary alicyclic amines) is 1. The lowest BCUT2D eigenvalue weighted by Gasteiger charge is -2.30. The normalized spacial score (nSPS) is 16.1. The van der Waals surface area contributed by atoms with Gasteiger partial charge >= 0.3 is 0 Å². The highest BCUT2D eigenvalue weighted by atomic mass is 16.7. The van der Waals surface area contributed by atoms with Crippen LogP contribution in [0, 0.1) is 6.92 Å². The highest BCUT2D eigenvalue weighted by Crippen LogP contribution is 2.36. The Labute approximate surface area is 174 Å². The number of aryl methyl sites for hydroxylation is 1. The van der Waals surface area contributed by atoms with E-state index < -0.39 is 0 Å². The predicted octanol–water partition coefficient (Wildman–Crippen LogP) is 3.72. The molecule has 5 rings (SSSR count). The molecule has 2 aliphatic heterocycles. The summed E-state index contributed by atoms with van der Waals surface area (Å²) in [7, 11) is 0. The number of fused-ring (bicyclic) bond motifs is 1. The second kappa shape index (κ2) is 7.82. The number of piperidine rings is 1. The molecule has 154 valence electrons. The Hall–Kier alpha value is -3.35. The molecule has 0 bridgehead atoms. The van der Waals surface area contributed by atoms with Gasteiger partial charge in [-0.1, -0.05) is 35.0 Å². The lowest BCUT2D eigenvalue weighted by molar-refractivity contribution is -0.131. The molecular formula is C23H23N3O4. The second-order valence-electron chi connectivity index (χ2n) is 7.84. The SMILES string of the molecule is Cc1ccc(CC(=O)N2CCC(c3nc(-c4ccc5c(c4)OCO5)no3)CC2)cc1. The Morgan fingerprint density at radius 2 is 1.83 bits per heavy atom. The molecule has 7 heteroatoms. The standard InChI is InChI=1S/C23H23N3O4/c1-15-2-4-16(5-3-15)12-21(27)26-10-8-17(9-11-26)23-24-22(25-30-23)18-6-7-19-20(13-18)29-14-28-19/h2-7,13,17H,8-12,14H2,1H3. The Kier molecular flexibility index (Phi) is 4.86. The molecule has 0 radical (unpaired) electrons. The van der Waals surface area contributed by atoms with Crippen molar-refractivity contribution in [2.75, 3.05) is 19.9 Å². The number of carbonyl (C=O) groups excluding carboxylic acids is 1. The average Bonchev–Trinajstić information content (AvgIpc) is 3.44. The van der Waals surface area contributed by atoms with E-state index in [0.717, 1.165) is 29.7 Å². The molecule has 1 aromatic heterocycles. The van der Waals surface area contributed by atoms with E-state index in [9.17, 15) is 4.79 Å². The second-order valence-corrected chi connectivity index (χ2v) is 7.84. The van der Waals surface area contributed by atoms with Gasteiger partial charge in [0.15, 0.2) is 11.5 Å². The minimum Gasteiger partial charge on any atom is -0.454 e. The molecule has 0 aliphatic carbocycles. The zero-order chi connectivity index (χ0) is 20.5. The van der Waals surface area contributed by atoms with Crippen LogP contribution in [-0.2, 0) is 11.2 Å². The monoisotopic (exact) mass is 405 g/mol. The first-order chi connectivity index (χ1) is 14.7. The minimum atomic E-state index is 0.170. The molecule has 0 N–H and O–H groups in total. The van der Waals surface area contributed by atoms with Crippen molar-refractivity contribution in [2.24, 2.45) is 0 Å². The largest absolute Gasteiger partial charge is 0.454 e. The molecule has 2 aliphatic rings. The van der Waals surface area contributed by atoms with Crippen molar-refractivity contribution in [1.29, 1.82) is 0 Å². The van der Waals surface area contributed by atoms with Gasteiger partial charge in [-0.05, 0) is 43.5 Å². The van der Waals surface area contributed by atoms with Gasteiger partial charge in [-0.3, -0.25) is 4.79 Å². The number of nitrogens with zero attached hydrogens (tertiary/aromatic N) is 3. The zero-order valence-corrected chi connectivity index (χ0v) is 16.8. The molecule has 2 aromatic carbocycles. The number of hydrogen-bond donors (Lipinski definition) is 0. The van der Waals surface area contributed by atoms with Gasteiger partial charge in [-0.25, -0.2) is 0 Å². The smallest absolute Gasteiger partial charge is 0.231 e. The van der Waals surface area contributed by atoms with E-state index in [0.29, 0.717) is 37.0 Å². The maximum absolute atomic E-state index is 12.6. The lowest BCUT2D eigenvalue weighted by atomic mass is 9.96. The summed E-state index contributed by atoms with van der Waals surface area (Å²) in [5.74, 6) is 2.94. The molecule has 1 saturated heterocycles. The van der Waals surface area contributed by atoms with E-state index in [1.165, 1.54) is 5.56 Å². The Morgan fingerprint density at radius 1 is 1.07 bits per heavy atom. The third kappa shape index (κ3) is 3.75. The van der Waals surface area contributed by atoms with Crippen LogP contribution in [0.4, 0.5) is 0 Å². The summed E-state index contributed by atoms with van der Waals surface area (Å²) in [6.45, 7) is 3.69. The number of hydrogen-bond acceptors (Lipinski definition) is 6. The van der Waals surface area contributed by atoms with E-state index in [1.807, 2.05) is 54.3 Å². The van der Waals surface area contributed by atoms with Gasteiger partial charge in [0.05, 0.1) is 6.42 Å². The van der Waals surface area contributed by atoms with Crippen molar-refractivity contribution < 1.29 is 18.8 Å². The van der Waals surface area contributed by atoms with Crippen LogP contribution in [0.2, 0.25) is 0 Å². The molecule has 0 unspecified atom stereocenters. The summed E-state index contributed by atoms with van der Waals surface area (Å²) in [6.07, 6.45) is 2.09. The summed E-state index contributed by atoms with van der Waals surface area (Å²) in [4.78, 5) is 19.2. The highest BCUT2D eigenvalue weighted by molar-refractivity contribution is 5.78. The third-order valence-corrected chi connectivity index (χ3v) is 5.75. The number of ether oxygens (including phenoxy) is 2. The van der Waals surface area contributed by atoms with Crippen LogP contribution in [0.3, 0.4) is 0 Å². The molecule has 0 atom stereocenters. The number of rotatable bonds is 4. The summed E-state index contributed by atoms with van der Waals surface area (Å²) in [6, 6.07) is 13.8. The van der Waals surface area contributed by atoms with Crippen LogP contribution in [0.15, 0.2) is 47.0 Å². The number of aromatic nitrogens is 2. The molecule has 0 saturated carbocycles. The van der Waals surface area contributed by atoms with Gasteiger partial charge < -0.3 is 18.9 Å². The molecule has 30 heavy (non-hydrogen) atoms. The van der Waals surface area contributed by atoms with Crippen molar-refractivity contribution >= 4 is 5.91 Å². The number of carbonyl (C=O) groups is 1. The van der Waals surface area contributed by atoms with Crippen LogP contribution < -0.4 is 9.47 Å². The fourth-order valence-corrected chi connectivity index (χ4v) is 3.92. The van der Waals surface area contributed by atoms with Crippen LogP contribution in [-0.4, -0.2) is 40.8 Å². The molecular weight excluding hydrogens is 382 g/mol. The van der Waals surface area contributed by atoms with Crippen molar-refractivity contribution in [3.63, 3.8) is 0 Å². The molecule has 3 aromatic rings. The Morgan fingerprint density at radius 3 is 2.63 bits per heavy atom. The maximum Gasteiger partial charge on any atom is 0.231 e. The van der Waals surface area contributed by atoms with Crippen molar-refractivity contribution in [2.45, 2.75) is 32.1 Å². The average molecular weight is 405 g/mol. The summed E-state index contributed by atoms with van der Waals surface area (Å²) in [5.41, 5.74) is 3.09. The maximum atomic E-state index is 12.6. The van der Waals surface area contributed by atoms with Crippen LogP contribution in [0.1, 0.15) is 35.8 Å². The fraction of sp³-hybridized carbons (Fsp3) is 0.348. The van der Waals surface area contributed by atoms with Gasteiger partial charge in [0.2, 0.25) is 24.4 Å². The predicted molar refractivity (Wildman–Crippen MR) is 109 cm³/mol. The molecule has 0 spiro atoms. The van der Waals surface area contributed by atoms with Gasteiger partial charge in [-0.15, -0.1) is 0 Å². The molecule has 1 amide bonds. The van der Waals surface area contributed by atoms with Gasteiger partial charge in [0.1, 0.15) is 0 Å². The van der Waals surface area contributed by atoms with Crippen LogP contribution in [0.5, 0.6) is 11.5 Å². The van der Waals surface area contributed by atoms with Gasteiger partial charge in [-0.2, -0.15) is 4.98 Å². The summed E-state index contributed by atoms with van der Waals surface area (Å²) < 4.78 is 16.3. The van der Waals surface area contributed by atoms with E-state index >= 15 is 0 Å². The minimum absolute atomic E-state index is 0.170. The summed E-state index contributed by atoms with van der Waals surface area (Å²) >= 11 is 0. The first-order valence-electron chi connectivity index (χ1n) is 10.2. The van der Waals surface area contributed by atoms with Gasteiger partial charge in [0.25, 0.3) is 0 Å². The van der Waals surface area contributed by atoms with E-state index in [4.69, 9.17) is 14.0 Å². The third-order valence-electron chi connectivity index (χ3n) is 5.75. The van der Waals surface area contributed by atoms with E-state index in [2.05, 4.69) is 10.1 Å².